The summed E-state index contributed by atoms with van der Waals surface area (Å²) in [5.41, 5.74) is 0. The minimum absolute atomic E-state index is 0.0586. The van der Waals surface area contributed by atoms with Gasteiger partial charge in [0.05, 0.1) is 0 Å². The summed E-state index contributed by atoms with van der Waals surface area (Å²) in [6.07, 6.45) is 5.26. The second-order valence-electron chi connectivity index (χ2n) is 2.94. The van der Waals surface area contributed by atoms with Crippen molar-refractivity contribution in [2.45, 2.75) is 37.3 Å². The van der Waals surface area contributed by atoms with Crippen molar-refractivity contribution >= 4 is 24.4 Å². The van der Waals surface area contributed by atoms with Crippen LogP contribution in [0.15, 0.2) is 0 Å². The predicted molar refractivity (Wildman–Crippen MR) is 53.3 cm³/mol. The Morgan fingerprint density at radius 1 is 1.00 bits per heavy atom. The molecule has 0 amide bonds. The van der Waals surface area contributed by atoms with Crippen LogP contribution < -0.4 is 0 Å². The Kier molecular flexibility index (Phi) is 7.57. The van der Waals surface area contributed by atoms with E-state index in [4.69, 9.17) is 9.79 Å². The molecule has 0 aromatic carbocycles. The SMILES string of the molecule is O=P(O)(O)CCCCCCC[AsH2]. The van der Waals surface area contributed by atoms with Gasteiger partial charge in [-0.1, -0.05) is 0 Å². The van der Waals surface area contributed by atoms with Gasteiger partial charge in [0.1, 0.15) is 0 Å². The Labute approximate surface area is 82.6 Å². The zero-order valence-corrected chi connectivity index (χ0v) is 10.6. The fourth-order valence-electron chi connectivity index (χ4n) is 0.992. The average molecular weight is 256 g/mol. The monoisotopic (exact) mass is 256 g/mol. The summed E-state index contributed by atoms with van der Waals surface area (Å²) < 4.78 is 10.4. The van der Waals surface area contributed by atoms with Crippen LogP contribution >= 0.6 is 7.60 Å². The molecule has 0 radical (unpaired) electrons. The Morgan fingerprint density at radius 3 is 2.00 bits per heavy atom. The van der Waals surface area contributed by atoms with Crippen molar-refractivity contribution in [1.29, 1.82) is 0 Å². The molecule has 3 nitrogen and oxygen atoms in total. The molecule has 12 heavy (non-hydrogen) atoms. The molecule has 0 aromatic rings. The first-order valence-electron chi connectivity index (χ1n) is 4.31. The second kappa shape index (κ2) is 7.14. The third-order valence-electron chi connectivity index (χ3n) is 1.65. The van der Waals surface area contributed by atoms with E-state index in [2.05, 4.69) is 0 Å². The van der Waals surface area contributed by atoms with Crippen LogP contribution in [0, 0.1) is 0 Å². The van der Waals surface area contributed by atoms with Crippen LogP contribution in [0.1, 0.15) is 32.1 Å². The third-order valence-corrected chi connectivity index (χ3v) is 3.41. The van der Waals surface area contributed by atoms with Gasteiger partial charge in [0.2, 0.25) is 0 Å². The van der Waals surface area contributed by atoms with Crippen LogP contribution in [0.25, 0.3) is 0 Å². The second-order valence-corrected chi connectivity index (χ2v) is 5.93. The molecule has 74 valence electrons. The van der Waals surface area contributed by atoms with Crippen LogP contribution in [0.2, 0.25) is 5.21 Å². The normalized spacial score (nSPS) is 11.9. The number of hydrogen-bond donors (Lipinski definition) is 2. The van der Waals surface area contributed by atoms with Crippen molar-refractivity contribution in [2.75, 3.05) is 6.16 Å². The first-order valence-corrected chi connectivity index (χ1v) is 7.82. The first-order chi connectivity index (χ1) is 5.56. The number of hydrogen-bond acceptors (Lipinski definition) is 1. The molecule has 5 heteroatoms. The fourth-order valence-corrected chi connectivity index (χ4v) is 2.23. The van der Waals surface area contributed by atoms with Gasteiger partial charge in [-0.05, 0) is 0 Å². The number of unbranched alkanes of at least 4 members (excludes halogenated alkanes) is 4. The molecule has 0 aliphatic carbocycles. The summed E-state index contributed by atoms with van der Waals surface area (Å²) >= 11 is 1.76. The molecular formula is C7H18AsO3P. The molecule has 0 aliphatic rings. The molecule has 0 saturated carbocycles. The maximum atomic E-state index is 10.4. The van der Waals surface area contributed by atoms with Crippen molar-refractivity contribution in [3.05, 3.63) is 0 Å². The van der Waals surface area contributed by atoms with Crippen LogP contribution in [0.3, 0.4) is 0 Å². The van der Waals surface area contributed by atoms with Gasteiger partial charge in [-0.3, -0.25) is 0 Å². The van der Waals surface area contributed by atoms with E-state index in [1.54, 1.807) is 16.9 Å². The van der Waals surface area contributed by atoms with E-state index in [1.165, 1.54) is 18.1 Å². The van der Waals surface area contributed by atoms with Crippen molar-refractivity contribution < 1.29 is 14.4 Å². The summed E-state index contributed by atoms with van der Waals surface area (Å²) in [4.78, 5) is 17.1. The Hall–Kier alpha value is 0.708. The topological polar surface area (TPSA) is 57.5 Å². The molecule has 0 spiro atoms. The van der Waals surface area contributed by atoms with Gasteiger partial charge >= 0.3 is 82.3 Å². The summed E-state index contributed by atoms with van der Waals surface area (Å²) in [5.74, 6) is 0. The summed E-state index contributed by atoms with van der Waals surface area (Å²) in [7, 11) is -3.72. The summed E-state index contributed by atoms with van der Waals surface area (Å²) in [5, 5.41) is 1.27. The van der Waals surface area contributed by atoms with E-state index in [1.807, 2.05) is 0 Å². The number of rotatable bonds is 7. The zero-order valence-electron chi connectivity index (χ0n) is 7.28. The predicted octanol–water partition coefficient (Wildman–Crippen LogP) is 1.17. The van der Waals surface area contributed by atoms with Crippen molar-refractivity contribution in [3.8, 4) is 0 Å². The van der Waals surface area contributed by atoms with Crippen LogP contribution in [-0.2, 0) is 4.57 Å². The van der Waals surface area contributed by atoms with Crippen molar-refractivity contribution in [2.24, 2.45) is 0 Å². The average Bonchev–Trinajstić information content (AvgIpc) is 1.94. The third kappa shape index (κ3) is 10.7. The molecule has 0 bridgehead atoms. The van der Waals surface area contributed by atoms with Gasteiger partial charge in [-0.15, -0.1) is 0 Å². The van der Waals surface area contributed by atoms with Crippen LogP contribution in [-0.4, -0.2) is 32.8 Å². The van der Waals surface area contributed by atoms with E-state index in [0.29, 0.717) is 6.42 Å². The van der Waals surface area contributed by atoms with E-state index >= 15 is 0 Å². The van der Waals surface area contributed by atoms with Gasteiger partial charge in [0.15, 0.2) is 0 Å². The van der Waals surface area contributed by atoms with Crippen molar-refractivity contribution in [1.82, 2.24) is 0 Å². The molecule has 1 unspecified atom stereocenters. The summed E-state index contributed by atoms with van der Waals surface area (Å²) in [6.45, 7) is 0. The van der Waals surface area contributed by atoms with E-state index < -0.39 is 7.60 Å². The molecule has 2 N–H and O–H groups in total. The maximum absolute atomic E-state index is 10.4. The van der Waals surface area contributed by atoms with E-state index in [-0.39, 0.29) is 6.16 Å². The Bertz CT molecular complexity index is 146. The van der Waals surface area contributed by atoms with Crippen LogP contribution in [0.5, 0.6) is 0 Å². The van der Waals surface area contributed by atoms with Gasteiger partial charge in [0.25, 0.3) is 0 Å². The molecule has 0 aromatic heterocycles. The standard InChI is InChI=1S/C7H18AsO3P/c8-6-4-2-1-3-5-7-12(9,10)11/h1-8H2,(H2,9,10,11). The molecule has 1 atom stereocenters. The molecule has 0 saturated heterocycles. The fraction of sp³-hybridized carbons (Fsp3) is 1.00. The summed E-state index contributed by atoms with van der Waals surface area (Å²) in [6, 6.07) is 0. The van der Waals surface area contributed by atoms with Gasteiger partial charge in [-0.25, -0.2) is 0 Å². The van der Waals surface area contributed by atoms with E-state index in [9.17, 15) is 4.57 Å². The molecular weight excluding hydrogens is 238 g/mol. The Balaban J connectivity index is 3.06. The first kappa shape index (κ1) is 12.7. The zero-order chi connectivity index (χ0) is 9.45. The Morgan fingerprint density at radius 2 is 1.50 bits per heavy atom. The van der Waals surface area contributed by atoms with E-state index in [0.717, 1.165) is 12.8 Å². The molecule has 0 fully saturated rings. The minimum atomic E-state index is -3.72. The quantitative estimate of drug-likeness (QED) is 0.408. The molecule has 0 rings (SSSR count). The molecule has 0 heterocycles. The van der Waals surface area contributed by atoms with Gasteiger partial charge < -0.3 is 0 Å². The van der Waals surface area contributed by atoms with Gasteiger partial charge in [-0.2, -0.15) is 0 Å². The van der Waals surface area contributed by atoms with Crippen molar-refractivity contribution in [3.63, 3.8) is 0 Å². The van der Waals surface area contributed by atoms with Gasteiger partial charge in [0, 0.05) is 0 Å². The van der Waals surface area contributed by atoms with Crippen LogP contribution in [0.4, 0.5) is 0 Å². The molecule has 0 aliphatic heterocycles.